The third-order valence-electron chi connectivity index (χ3n) is 2.56. The molecule has 0 aliphatic carbocycles. The Morgan fingerprint density at radius 2 is 1.94 bits per heavy atom. The highest BCUT2D eigenvalue weighted by Crippen LogP contribution is 2.25. The summed E-state index contributed by atoms with van der Waals surface area (Å²) in [6, 6.07) is 7.93. The summed E-state index contributed by atoms with van der Waals surface area (Å²) in [5, 5.41) is 0. The molecule has 0 atom stereocenters. The Bertz CT molecular complexity index is 509. The molecule has 1 aromatic heterocycles. The minimum Gasteiger partial charge on any atom is -0.495 e. The Kier molecular flexibility index (Phi) is 2.77. The Balaban J connectivity index is 2.46. The van der Waals surface area contributed by atoms with Crippen LogP contribution in [0.2, 0.25) is 0 Å². The fourth-order valence-electron chi connectivity index (χ4n) is 1.51. The fourth-order valence-corrected chi connectivity index (χ4v) is 1.51. The van der Waals surface area contributed by atoms with Crippen LogP contribution in [0.15, 0.2) is 36.7 Å². The van der Waals surface area contributed by atoms with Crippen LogP contribution < -0.4 is 10.5 Å². The van der Waals surface area contributed by atoms with Crippen LogP contribution in [0, 0.1) is 6.92 Å². The first-order chi connectivity index (χ1) is 7.70. The van der Waals surface area contributed by atoms with Crippen molar-refractivity contribution in [2.45, 2.75) is 6.92 Å². The fraction of sp³-hybridized carbons (Fsp3) is 0.154. The van der Waals surface area contributed by atoms with Crippen LogP contribution >= 0.6 is 0 Å². The number of hydrogen-bond acceptors (Lipinski definition) is 3. The first-order valence-corrected chi connectivity index (χ1v) is 5.06. The largest absolute Gasteiger partial charge is 0.495 e. The maximum atomic E-state index is 5.88. The molecule has 0 radical (unpaired) electrons. The van der Waals surface area contributed by atoms with Crippen molar-refractivity contribution in [2.75, 3.05) is 12.8 Å². The third kappa shape index (κ3) is 1.98. The number of ether oxygens (including phenoxy) is 1. The molecule has 2 N–H and O–H groups in total. The van der Waals surface area contributed by atoms with Crippen molar-refractivity contribution in [2.24, 2.45) is 0 Å². The van der Waals surface area contributed by atoms with Gasteiger partial charge in [0.05, 0.1) is 13.3 Å². The minimum atomic E-state index is 0.747. The molecular formula is C13H14N2O. The quantitative estimate of drug-likeness (QED) is 0.782. The van der Waals surface area contributed by atoms with Crippen LogP contribution in [0.25, 0.3) is 11.1 Å². The zero-order valence-electron chi connectivity index (χ0n) is 9.40. The van der Waals surface area contributed by atoms with Crippen LogP contribution in [-0.4, -0.2) is 12.1 Å². The van der Waals surface area contributed by atoms with Gasteiger partial charge in [-0.1, -0.05) is 12.1 Å². The van der Waals surface area contributed by atoms with Gasteiger partial charge in [0.25, 0.3) is 0 Å². The molecule has 0 fully saturated rings. The van der Waals surface area contributed by atoms with Gasteiger partial charge < -0.3 is 10.5 Å². The lowest BCUT2D eigenvalue weighted by molar-refractivity contribution is 0.413. The molecule has 16 heavy (non-hydrogen) atoms. The molecule has 82 valence electrons. The van der Waals surface area contributed by atoms with Crippen LogP contribution in [0.1, 0.15) is 5.56 Å². The summed E-state index contributed by atoms with van der Waals surface area (Å²) in [7, 11) is 1.63. The number of methoxy groups -OCH3 is 1. The topological polar surface area (TPSA) is 48.1 Å². The highest BCUT2D eigenvalue weighted by Gasteiger charge is 2.02. The summed E-state index contributed by atoms with van der Waals surface area (Å²) in [5.74, 6) is 0.747. The standard InChI is InChI=1S/C13H14N2O/c1-9-3-4-10(6-13(9)14)11-5-12(16-2)8-15-7-11/h3-8H,14H2,1-2H3. The predicted molar refractivity (Wildman–Crippen MR) is 65.4 cm³/mol. The molecule has 1 heterocycles. The second-order valence-electron chi connectivity index (χ2n) is 3.68. The number of nitrogens with two attached hydrogens (primary N) is 1. The van der Waals surface area contributed by atoms with Crippen molar-refractivity contribution in [3.05, 3.63) is 42.2 Å². The minimum absolute atomic E-state index is 0.747. The van der Waals surface area contributed by atoms with E-state index in [1.807, 2.05) is 31.2 Å². The van der Waals surface area contributed by atoms with E-state index in [1.54, 1.807) is 19.5 Å². The van der Waals surface area contributed by atoms with Crippen molar-refractivity contribution in [3.63, 3.8) is 0 Å². The monoisotopic (exact) mass is 214 g/mol. The van der Waals surface area contributed by atoms with Gasteiger partial charge in [-0.2, -0.15) is 0 Å². The van der Waals surface area contributed by atoms with Crippen molar-refractivity contribution in [1.82, 2.24) is 4.98 Å². The summed E-state index contributed by atoms with van der Waals surface area (Å²) in [6.07, 6.45) is 3.48. The van der Waals surface area contributed by atoms with Gasteiger partial charge in [0.2, 0.25) is 0 Å². The normalized spacial score (nSPS) is 10.1. The van der Waals surface area contributed by atoms with Gasteiger partial charge in [-0.25, -0.2) is 0 Å². The Morgan fingerprint density at radius 1 is 1.12 bits per heavy atom. The molecule has 0 saturated heterocycles. The molecule has 2 rings (SSSR count). The van der Waals surface area contributed by atoms with E-state index in [9.17, 15) is 0 Å². The first kappa shape index (κ1) is 10.5. The van der Waals surface area contributed by atoms with Crippen LogP contribution in [0.3, 0.4) is 0 Å². The number of benzene rings is 1. The van der Waals surface area contributed by atoms with Crippen molar-refractivity contribution < 1.29 is 4.74 Å². The molecule has 0 saturated carbocycles. The van der Waals surface area contributed by atoms with E-state index in [1.165, 1.54) is 0 Å². The molecule has 0 unspecified atom stereocenters. The number of aromatic nitrogens is 1. The lowest BCUT2D eigenvalue weighted by Crippen LogP contribution is -1.91. The van der Waals surface area contributed by atoms with E-state index in [2.05, 4.69) is 4.98 Å². The molecule has 2 aromatic rings. The molecule has 3 heteroatoms. The van der Waals surface area contributed by atoms with Gasteiger partial charge >= 0.3 is 0 Å². The summed E-state index contributed by atoms with van der Waals surface area (Å²) in [6.45, 7) is 1.99. The van der Waals surface area contributed by atoms with Crippen molar-refractivity contribution in [1.29, 1.82) is 0 Å². The van der Waals surface area contributed by atoms with Gasteiger partial charge in [0.15, 0.2) is 0 Å². The number of rotatable bonds is 2. The number of pyridine rings is 1. The molecule has 0 aliphatic rings. The van der Waals surface area contributed by atoms with Gasteiger partial charge in [-0.3, -0.25) is 4.98 Å². The Morgan fingerprint density at radius 3 is 2.62 bits per heavy atom. The SMILES string of the molecule is COc1cncc(-c2ccc(C)c(N)c2)c1. The number of hydrogen-bond donors (Lipinski definition) is 1. The predicted octanol–water partition coefficient (Wildman–Crippen LogP) is 2.65. The maximum Gasteiger partial charge on any atom is 0.137 e. The van der Waals surface area contributed by atoms with Gasteiger partial charge in [0.1, 0.15) is 5.75 Å². The van der Waals surface area contributed by atoms with Crippen LogP contribution in [0.5, 0.6) is 5.75 Å². The molecule has 3 nitrogen and oxygen atoms in total. The average molecular weight is 214 g/mol. The zero-order valence-corrected chi connectivity index (χ0v) is 9.40. The van der Waals surface area contributed by atoms with E-state index in [-0.39, 0.29) is 0 Å². The third-order valence-corrected chi connectivity index (χ3v) is 2.56. The summed E-state index contributed by atoms with van der Waals surface area (Å²) >= 11 is 0. The lowest BCUT2D eigenvalue weighted by atomic mass is 10.0. The Labute approximate surface area is 94.9 Å². The van der Waals surface area contributed by atoms with Crippen molar-refractivity contribution >= 4 is 5.69 Å². The number of anilines is 1. The lowest BCUT2D eigenvalue weighted by Gasteiger charge is -2.06. The van der Waals surface area contributed by atoms with E-state index in [0.717, 1.165) is 28.1 Å². The van der Waals surface area contributed by atoms with Crippen LogP contribution in [-0.2, 0) is 0 Å². The van der Waals surface area contributed by atoms with Gasteiger partial charge in [-0.05, 0) is 30.2 Å². The summed E-state index contributed by atoms with van der Waals surface area (Å²) in [5.41, 5.74) is 9.81. The summed E-state index contributed by atoms with van der Waals surface area (Å²) < 4.78 is 5.14. The molecule has 1 aromatic carbocycles. The van der Waals surface area contributed by atoms with E-state index >= 15 is 0 Å². The van der Waals surface area contributed by atoms with E-state index in [4.69, 9.17) is 10.5 Å². The molecule has 0 bridgehead atoms. The first-order valence-electron chi connectivity index (χ1n) is 5.06. The van der Waals surface area contributed by atoms with Crippen LogP contribution in [0.4, 0.5) is 5.69 Å². The highest BCUT2D eigenvalue weighted by atomic mass is 16.5. The van der Waals surface area contributed by atoms with Crippen molar-refractivity contribution in [3.8, 4) is 16.9 Å². The number of nitrogens with zero attached hydrogens (tertiary/aromatic N) is 1. The second kappa shape index (κ2) is 4.23. The highest BCUT2D eigenvalue weighted by molar-refractivity contribution is 5.69. The molecule has 0 amide bonds. The average Bonchev–Trinajstić information content (AvgIpc) is 2.33. The Hall–Kier alpha value is -2.03. The van der Waals surface area contributed by atoms with E-state index < -0.39 is 0 Å². The molecule has 0 aliphatic heterocycles. The van der Waals surface area contributed by atoms with Gasteiger partial charge in [0, 0.05) is 17.4 Å². The maximum absolute atomic E-state index is 5.88. The summed E-state index contributed by atoms with van der Waals surface area (Å²) in [4.78, 5) is 4.12. The smallest absolute Gasteiger partial charge is 0.137 e. The number of aryl methyl sites for hydroxylation is 1. The zero-order chi connectivity index (χ0) is 11.5. The molecule has 0 spiro atoms. The van der Waals surface area contributed by atoms with Gasteiger partial charge in [-0.15, -0.1) is 0 Å². The number of nitrogen functional groups attached to an aromatic ring is 1. The second-order valence-corrected chi connectivity index (χ2v) is 3.68. The molecular weight excluding hydrogens is 200 g/mol. The van der Waals surface area contributed by atoms with E-state index in [0.29, 0.717) is 0 Å².